The van der Waals surface area contributed by atoms with Gasteiger partial charge >= 0.3 is 0 Å². The third-order valence-corrected chi connectivity index (χ3v) is 4.25. The third kappa shape index (κ3) is 2.91. The Kier molecular flexibility index (Phi) is 4.04. The summed E-state index contributed by atoms with van der Waals surface area (Å²) in [4.78, 5) is 13.8. The second-order valence-corrected chi connectivity index (χ2v) is 5.71. The van der Waals surface area contributed by atoms with E-state index in [1.807, 2.05) is 17.7 Å². The molecule has 0 unspecified atom stereocenters. The predicted molar refractivity (Wildman–Crippen MR) is 71.0 cm³/mol. The molecule has 2 rings (SSSR count). The third-order valence-electron chi connectivity index (χ3n) is 3.39. The van der Waals surface area contributed by atoms with Crippen molar-refractivity contribution in [3.8, 4) is 0 Å². The number of carbonyl (C=O) groups is 1. The number of amides is 1. The van der Waals surface area contributed by atoms with E-state index in [2.05, 4.69) is 0 Å². The monoisotopic (exact) mass is 269 g/mol. The predicted octanol–water partition coefficient (Wildman–Crippen LogP) is 1.67. The molecule has 1 fully saturated rings. The van der Waals surface area contributed by atoms with Gasteiger partial charge in [0, 0.05) is 45.0 Å². The molecule has 18 heavy (non-hydrogen) atoms. The summed E-state index contributed by atoms with van der Waals surface area (Å²) in [7, 11) is 1.74. The molecule has 0 atom stereocenters. The number of nitrogens with zero attached hydrogens (tertiary/aromatic N) is 1. The van der Waals surface area contributed by atoms with Gasteiger partial charge in [-0.2, -0.15) is 11.3 Å². The van der Waals surface area contributed by atoms with Crippen LogP contribution in [-0.2, 0) is 4.74 Å². The van der Waals surface area contributed by atoms with E-state index in [1.54, 1.807) is 11.9 Å². The summed E-state index contributed by atoms with van der Waals surface area (Å²) in [5, 5.41) is 14.2. The van der Waals surface area contributed by atoms with Crippen molar-refractivity contribution in [2.75, 3.05) is 26.8 Å². The van der Waals surface area contributed by atoms with Crippen LogP contribution in [0, 0.1) is 6.92 Å². The minimum atomic E-state index is -0.799. The van der Waals surface area contributed by atoms with Gasteiger partial charge in [-0.1, -0.05) is 0 Å². The summed E-state index contributed by atoms with van der Waals surface area (Å²) in [5.74, 6) is -0.0198. The molecule has 1 aromatic rings. The number of ether oxygens (including phenoxy) is 1. The standard InChI is InChI=1S/C13H19NO3S/c1-10-7-18-8-11(10)12(15)14(2)9-13(16)3-5-17-6-4-13/h7-8,16H,3-6,9H2,1-2H3. The zero-order chi connectivity index (χ0) is 13.2. The largest absolute Gasteiger partial charge is 0.388 e. The van der Waals surface area contributed by atoms with Gasteiger partial charge in [-0.3, -0.25) is 4.79 Å². The molecule has 0 aliphatic carbocycles. The van der Waals surface area contributed by atoms with Crippen molar-refractivity contribution in [2.24, 2.45) is 0 Å². The molecule has 0 bridgehead atoms. The SMILES string of the molecule is Cc1cscc1C(=O)N(C)CC1(O)CCOCC1. The molecule has 1 saturated heterocycles. The van der Waals surface area contributed by atoms with Gasteiger partial charge < -0.3 is 14.7 Å². The molecule has 0 aromatic carbocycles. The Morgan fingerprint density at radius 1 is 1.50 bits per heavy atom. The highest BCUT2D eigenvalue weighted by atomic mass is 32.1. The number of likely N-dealkylation sites (N-methyl/N-ethyl adjacent to an activating group) is 1. The molecule has 0 spiro atoms. The first-order valence-electron chi connectivity index (χ1n) is 6.10. The van der Waals surface area contributed by atoms with Crippen LogP contribution in [0.5, 0.6) is 0 Å². The molecule has 4 nitrogen and oxygen atoms in total. The molecule has 1 amide bonds. The van der Waals surface area contributed by atoms with Gasteiger partial charge in [0.05, 0.1) is 11.2 Å². The summed E-state index contributed by atoms with van der Waals surface area (Å²) >= 11 is 1.53. The second-order valence-electron chi connectivity index (χ2n) is 4.97. The lowest BCUT2D eigenvalue weighted by molar-refractivity contribution is -0.0734. The fourth-order valence-corrected chi connectivity index (χ4v) is 3.03. The molecule has 1 aliphatic heterocycles. The number of thiophene rings is 1. The van der Waals surface area contributed by atoms with Crippen molar-refractivity contribution in [1.29, 1.82) is 0 Å². The number of aryl methyl sites for hydroxylation is 1. The Morgan fingerprint density at radius 3 is 2.72 bits per heavy atom. The highest BCUT2D eigenvalue weighted by molar-refractivity contribution is 7.08. The molecular formula is C13H19NO3S. The van der Waals surface area contributed by atoms with Gasteiger partial charge in [-0.25, -0.2) is 0 Å². The lowest BCUT2D eigenvalue weighted by Crippen LogP contribution is -2.47. The van der Waals surface area contributed by atoms with Crippen LogP contribution >= 0.6 is 11.3 Å². The summed E-state index contributed by atoms with van der Waals surface area (Å²) in [6.07, 6.45) is 1.18. The molecule has 1 N–H and O–H groups in total. The minimum Gasteiger partial charge on any atom is -0.388 e. The van der Waals surface area contributed by atoms with Gasteiger partial charge in [-0.05, 0) is 17.9 Å². The minimum absolute atomic E-state index is 0.0198. The highest BCUT2D eigenvalue weighted by Gasteiger charge is 2.32. The van der Waals surface area contributed by atoms with Gasteiger partial charge in [0.25, 0.3) is 5.91 Å². The fourth-order valence-electron chi connectivity index (χ4n) is 2.21. The van der Waals surface area contributed by atoms with Crippen LogP contribution in [-0.4, -0.2) is 48.3 Å². The first kappa shape index (κ1) is 13.5. The quantitative estimate of drug-likeness (QED) is 0.908. The van der Waals surface area contributed by atoms with Crippen LogP contribution in [0.15, 0.2) is 10.8 Å². The van der Waals surface area contributed by atoms with Gasteiger partial charge in [0.15, 0.2) is 0 Å². The van der Waals surface area contributed by atoms with E-state index in [4.69, 9.17) is 4.74 Å². The Labute approximate surface area is 111 Å². The molecule has 1 aromatic heterocycles. The molecule has 100 valence electrons. The highest BCUT2D eigenvalue weighted by Crippen LogP contribution is 2.23. The van der Waals surface area contributed by atoms with Crippen molar-refractivity contribution in [1.82, 2.24) is 4.90 Å². The van der Waals surface area contributed by atoms with Gasteiger partial charge in [0.1, 0.15) is 0 Å². The first-order valence-corrected chi connectivity index (χ1v) is 7.04. The fraction of sp³-hybridized carbons (Fsp3) is 0.615. The summed E-state index contributed by atoms with van der Waals surface area (Å²) < 4.78 is 5.24. The van der Waals surface area contributed by atoms with Crippen LogP contribution in [0.2, 0.25) is 0 Å². The van der Waals surface area contributed by atoms with E-state index in [9.17, 15) is 9.90 Å². The Morgan fingerprint density at radius 2 is 2.17 bits per heavy atom. The van der Waals surface area contributed by atoms with E-state index in [1.165, 1.54) is 11.3 Å². The Bertz CT molecular complexity index is 424. The van der Waals surface area contributed by atoms with Crippen LogP contribution in [0.4, 0.5) is 0 Å². The maximum atomic E-state index is 12.2. The maximum absolute atomic E-state index is 12.2. The number of hydrogen-bond donors (Lipinski definition) is 1. The van der Waals surface area contributed by atoms with Crippen molar-refractivity contribution in [3.63, 3.8) is 0 Å². The van der Waals surface area contributed by atoms with Crippen molar-refractivity contribution >= 4 is 17.2 Å². The Hall–Kier alpha value is -0.910. The zero-order valence-electron chi connectivity index (χ0n) is 10.8. The van der Waals surface area contributed by atoms with Gasteiger partial charge in [0.2, 0.25) is 0 Å². The Balaban J connectivity index is 2.01. The normalized spacial score (nSPS) is 18.6. The van der Waals surface area contributed by atoms with Crippen LogP contribution in [0.3, 0.4) is 0 Å². The molecular weight excluding hydrogens is 250 g/mol. The van der Waals surface area contributed by atoms with Crippen molar-refractivity contribution in [3.05, 3.63) is 21.9 Å². The smallest absolute Gasteiger partial charge is 0.254 e. The lowest BCUT2D eigenvalue weighted by Gasteiger charge is -2.35. The molecule has 5 heteroatoms. The van der Waals surface area contributed by atoms with E-state index < -0.39 is 5.60 Å². The average Bonchev–Trinajstić information content (AvgIpc) is 2.74. The average molecular weight is 269 g/mol. The van der Waals surface area contributed by atoms with Crippen LogP contribution in [0.25, 0.3) is 0 Å². The number of carbonyl (C=O) groups excluding carboxylic acids is 1. The molecule has 0 radical (unpaired) electrons. The van der Waals surface area contributed by atoms with E-state index in [-0.39, 0.29) is 5.91 Å². The molecule has 0 saturated carbocycles. The molecule has 2 heterocycles. The summed E-state index contributed by atoms with van der Waals surface area (Å²) in [6, 6.07) is 0. The van der Waals surface area contributed by atoms with E-state index in [0.717, 1.165) is 11.1 Å². The summed E-state index contributed by atoms with van der Waals surface area (Å²) in [5.41, 5.74) is 0.932. The van der Waals surface area contributed by atoms with Crippen LogP contribution in [0.1, 0.15) is 28.8 Å². The van der Waals surface area contributed by atoms with Crippen LogP contribution < -0.4 is 0 Å². The summed E-state index contributed by atoms with van der Waals surface area (Å²) in [6.45, 7) is 3.43. The lowest BCUT2D eigenvalue weighted by atomic mass is 9.93. The van der Waals surface area contributed by atoms with Crippen molar-refractivity contribution < 1.29 is 14.6 Å². The number of rotatable bonds is 3. The van der Waals surface area contributed by atoms with E-state index in [0.29, 0.717) is 32.6 Å². The molecule has 1 aliphatic rings. The zero-order valence-corrected chi connectivity index (χ0v) is 11.6. The van der Waals surface area contributed by atoms with Gasteiger partial charge in [-0.15, -0.1) is 0 Å². The number of hydrogen-bond acceptors (Lipinski definition) is 4. The topological polar surface area (TPSA) is 49.8 Å². The first-order chi connectivity index (χ1) is 8.52. The van der Waals surface area contributed by atoms with Crippen molar-refractivity contribution in [2.45, 2.75) is 25.4 Å². The second kappa shape index (κ2) is 5.38. The maximum Gasteiger partial charge on any atom is 0.254 e. The number of aliphatic hydroxyl groups is 1. The van der Waals surface area contributed by atoms with E-state index >= 15 is 0 Å².